The maximum absolute atomic E-state index is 13.3. The summed E-state index contributed by atoms with van der Waals surface area (Å²) in [6.07, 6.45) is 7.58. The lowest BCUT2D eigenvalue weighted by molar-refractivity contribution is 0.256. The van der Waals surface area contributed by atoms with Crippen molar-refractivity contribution in [3.8, 4) is 11.9 Å². The SMILES string of the molecule is COc1cccc(S(=O)(=NC#N)NC(=O)Nc2c3c(cc4c2CCC4)CCC3)c1. The molecule has 0 radical (unpaired) electrons. The van der Waals surface area contributed by atoms with Gasteiger partial charge in [-0.05, 0) is 79.0 Å². The number of nitrogens with zero attached hydrogens (tertiary/aromatic N) is 2. The number of aryl methyl sites for hydroxylation is 2. The number of rotatable bonds is 4. The largest absolute Gasteiger partial charge is 0.497 e. The van der Waals surface area contributed by atoms with Gasteiger partial charge in [0, 0.05) is 5.69 Å². The van der Waals surface area contributed by atoms with Crippen molar-refractivity contribution in [1.29, 1.82) is 5.26 Å². The Labute approximate surface area is 170 Å². The lowest BCUT2D eigenvalue weighted by atomic mass is 9.99. The fraction of sp³-hybridized carbons (Fsp3) is 0.333. The number of methoxy groups -OCH3 is 1. The van der Waals surface area contributed by atoms with Crippen LogP contribution in [0.1, 0.15) is 35.1 Å². The van der Waals surface area contributed by atoms with Crippen molar-refractivity contribution in [3.05, 3.63) is 52.6 Å². The molecule has 0 bridgehead atoms. The predicted molar refractivity (Wildman–Crippen MR) is 110 cm³/mol. The number of amides is 2. The highest BCUT2D eigenvalue weighted by Gasteiger charge is 2.26. The van der Waals surface area contributed by atoms with E-state index in [9.17, 15) is 9.00 Å². The number of carbonyl (C=O) groups excluding carboxylic acids is 1. The molecule has 0 aromatic heterocycles. The number of nitriles is 1. The van der Waals surface area contributed by atoms with Crippen LogP contribution in [0.5, 0.6) is 5.75 Å². The van der Waals surface area contributed by atoms with E-state index in [1.165, 1.54) is 35.4 Å². The fourth-order valence-corrected chi connectivity index (χ4v) is 5.42. The minimum Gasteiger partial charge on any atom is -0.497 e. The minimum atomic E-state index is -3.48. The molecule has 2 aliphatic carbocycles. The van der Waals surface area contributed by atoms with Gasteiger partial charge in [-0.1, -0.05) is 16.5 Å². The first kappa shape index (κ1) is 19.3. The van der Waals surface area contributed by atoms with E-state index in [1.54, 1.807) is 24.4 Å². The molecule has 0 heterocycles. The third kappa shape index (κ3) is 3.66. The number of urea groups is 1. The molecule has 0 saturated heterocycles. The summed E-state index contributed by atoms with van der Waals surface area (Å²) < 4.78 is 24.4. The van der Waals surface area contributed by atoms with Crippen LogP contribution in [0.15, 0.2) is 39.6 Å². The highest BCUT2D eigenvalue weighted by molar-refractivity contribution is 7.92. The molecule has 8 heteroatoms. The molecule has 29 heavy (non-hydrogen) atoms. The lowest BCUT2D eigenvalue weighted by Gasteiger charge is -2.17. The molecule has 0 fully saturated rings. The Hall–Kier alpha value is -3.05. The number of carbonyl (C=O) groups is 1. The van der Waals surface area contributed by atoms with Crippen molar-refractivity contribution >= 4 is 21.6 Å². The average Bonchev–Trinajstić information content (AvgIpc) is 3.37. The maximum Gasteiger partial charge on any atom is 0.331 e. The Morgan fingerprint density at radius 1 is 1.14 bits per heavy atom. The van der Waals surface area contributed by atoms with Crippen LogP contribution in [0, 0.1) is 11.5 Å². The average molecular weight is 410 g/mol. The van der Waals surface area contributed by atoms with Crippen LogP contribution >= 0.6 is 0 Å². The third-order valence-corrected chi connectivity index (χ3v) is 7.17. The summed E-state index contributed by atoms with van der Waals surface area (Å²) in [5, 5.41) is 12.0. The molecule has 2 aromatic carbocycles. The molecule has 150 valence electrons. The van der Waals surface area contributed by atoms with Crippen LogP contribution < -0.4 is 14.8 Å². The Balaban J connectivity index is 1.65. The zero-order valence-corrected chi connectivity index (χ0v) is 17.0. The normalized spacial score (nSPS) is 16.1. The Morgan fingerprint density at radius 3 is 2.45 bits per heavy atom. The lowest BCUT2D eigenvalue weighted by Crippen LogP contribution is -2.34. The smallest absolute Gasteiger partial charge is 0.331 e. The molecule has 0 spiro atoms. The van der Waals surface area contributed by atoms with Crippen LogP contribution in [-0.4, -0.2) is 17.3 Å². The van der Waals surface area contributed by atoms with Crippen molar-refractivity contribution in [3.63, 3.8) is 0 Å². The topological polar surface area (TPSA) is 104 Å². The van der Waals surface area contributed by atoms with Gasteiger partial charge in [-0.15, -0.1) is 0 Å². The Kier molecular flexibility index (Phi) is 5.16. The molecule has 1 unspecified atom stereocenters. The van der Waals surface area contributed by atoms with Gasteiger partial charge in [-0.2, -0.15) is 5.26 Å². The van der Waals surface area contributed by atoms with E-state index in [4.69, 9.17) is 10.00 Å². The van der Waals surface area contributed by atoms with E-state index in [1.807, 2.05) is 0 Å². The van der Waals surface area contributed by atoms with Gasteiger partial charge in [-0.25, -0.2) is 13.7 Å². The van der Waals surface area contributed by atoms with Gasteiger partial charge >= 0.3 is 6.03 Å². The van der Waals surface area contributed by atoms with Gasteiger partial charge in [0.1, 0.15) is 5.75 Å². The van der Waals surface area contributed by atoms with Crippen molar-refractivity contribution < 1.29 is 13.7 Å². The summed E-state index contributed by atoms with van der Waals surface area (Å²) in [5.74, 6) is 0.462. The predicted octanol–water partition coefficient (Wildman–Crippen LogP) is 3.72. The first-order valence-electron chi connectivity index (χ1n) is 9.58. The van der Waals surface area contributed by atoms with Crippen molar-refractivity contribution in [2.45, 2.75) is 43.4 Å². The number of fused-ring (bicyclic) bond motifs is 2. The molecule has 0 aliphatic heterocycles. The van der Waals surface area contributed by atoms with Crippen molar-refractivity contribution in [1.82, 2.24) is 4.72 Å². The zero-order valence-electron chi connectivity index (χ0n) is 16.2. The summed E-state index contributed by atoms with van der Waals surface area (Å²) in [6, 6.07) is 8.01. The molecule has 2 amide bonds. The third-order valence-electron chi connectivity index (χ3n) is 5.47. The van der Waals surface area contributed by atoms with Crippen LogP contribution in [0.4, 0.5) is 10.5 Å². The molecule has 7 nitrogen and oxygen atoms in total. The molecular formula is C21H22N4O3S. The van der Waals surface area contributed by atoms with Crippen molar-refractivity contribution in [2.24, 2.45) is 4.36 Å². The second-order valence-corrected chi connectivity index (χ2v) is 9.10. The number of hydrogen-bond donors (Lipinski definition) is 2. The Bertz CT molecular complexity index is 1110. The van der Waals surface area contributed by atoms with E-state index in [2.05, 4.69) is 20.5 Å². The van der Waals surface area contributed by atoms with Crippen LogP contribution in [0.2, 0.25) is 0 Å². The van der Waals surface area contributed by atoms with Gasteiger partial charge in [0.05, 0.1) is 12.0 Å². The van der Waals surface area contributed by atoms with E-state index >= 15 is 0 Å². The number of anilines is 1. The number of benzene rings is 2. The molecule has 2 aliphatic rings. The number of nitrogens with one attached hydrogen (secondary N) is 2. The van der Waals surface area contributed by atoms with Gasteiger partial charge in [0.25, 0.3) is 0 Å². The summed E-state index contributed by atoms with van der Waals surface area (Å²) in [4.78, 5) is 13.0. The zero-order chi connectivity index (χ0) is 20.4. The van der Waals surface area contributed by atoms with Crippen LogP contribution in [0.3, 0.4) is 0 Å². The first-order valence-corrected chi connectivity index (χ1v) is 11.1. The van der Waals surface area contributed by atoms with Crippen LogP contribution in [-0.2, 0) is 35.6 Å². The fourth-order valence-electron chi connectivity index (χ4n) is 4.20. The standard InChI is InChI=1S/C21H22N4O3S/c1-28-16-7-4-8-17(12-16)29(27,23-13-22)25-21(26)24-20-18-9-2-5-14(18)11-15-6-3-10-19(15)20/h4,7-8,11-12H,2-3,5-6,9-10H2,1H3,(H2,23,24,25,26,27). The van der Waals surface area contributed by atoms with E-state index in [-0.39, 0.29) is 4.90 Å². The van der Waals surface area contributed by atoms with Gasteiger partial charge < -0.3 is 10.1 Å². The molecular weight excluding hydrogens is 388 g/mol. The number of ether oxygens (including phenoxy) is 1. The minimum absolute atomic E-state index is 0.206. The van der Waals surface area contributed by atoms with E-state index < -0.39 is 15.9 Å². The summed E-state index contributed by atoms with van der Waals surface area (Å²) >= 11 is 0. The van der Waals surface area contributed by atoms with Gasteiger partial charge in [-0.3, -0.25) is 0 Å². The summed E-state index contributed by atoms with van der Waals surface area (Å²) in [6.45, 7) is 0. The maximum atomic E-state index is 13.3. The van der Waals surface area contributed by atoms with E-state index in [0.29, 0.717) is 5.75 Å². The summed E-state index contributed by atoms with van der Waals surface area (Å²) in [7, 11) is -1.99. The molecule has 2 N–H and O–H groups in total. The van der Waals surface area contributed by atoms with Gasteiger partial charge in [0.2, 0.25) is 6.19 Å². The molecule has 0 saturated carbocycles. The molecule has 2 aromatic rings. The van der Waals surface area contributed by atoms with Crippen molar-refractivity contribution in [2.75, 3.05) is 12.4 Å². The highest BCUT2D eigenvalue weighted by atomic mass is 32.2. The monoisotopic (exact) mass is 410 g/mol. The first-order chi connectivity index (χ1) is 14.0. The highest BCUT2D eigenvalue weighted by Crippen LogP contribution is 2.38. The molecule has 1 atom stereocenters. The Morgan fingerprint density at radius 2 is 1.83 bits per heavy atom. The summed E-state index contributed by atoms with van der Waals surface area (Å²) in [5.41, 5.74) is 5.76. The molecule has 4 rings (SSSR count). The van der Waals surface area contributed by atoms with Crippen LogP contribution in [0.25, 0.3) is 0 Å². The number of hydrogen-bond acceptors (Lipinski definition) is 5. The quantitative estimate of drug-likeness (QED) is 0.750. The second-order valence-electron chi connectivity index (χ2n) is 7.19. The van der Waals surface area contributed by atoms with Gasteiger partial charge in [0.15, 0.2) is 9.92 Å². The van der Waals surface area contributed by atoms with E-state index in [0.717, 1.165) is 44.2 Å². The second kappa shape index (κ2) is 7.76.